The molecule has 0 spiro atoms. The second-order valence-electron chi connectivity index (χ2n) is 16.8. The zero-order valence-electron chi connectivity index (χ0n) is 34.1. The Morgan fingerprint density at radius 2 is 1.76 bits per heavy atom. The van der Waals surface area contributed by atoms with Crippen LogP contribution in [0.2, 0.25) is 0 Å². The third-order valence-corrected chi connectivity index (χ3v) is 11.6. The second kappa shape index (κ2) is 17.4. The van der Waals surface area contributed by atoms with Gasteiger partial charge in [-0.15, -0.1) is 0 Å². The summed E-state index contributed by atoms with van der Waals surface area (Å²) in [6.45, 7) is 11.0. The molecule has 2 fully saturated rings. The number of methoxy groups -OCH3 is 1. The van der Waals surface area contributed by atoms with Crippen molar-refractivity contribution in [1.82, 2.24) is 35.8 Å². The highest BCUT2D eigenvalue weighted by Gasteiger charge is 2.50. The summed E-state index contributed by atoms with van der Waals surface area (Å²) >= 11 is 0. The number of allylic oxidation sites excluding steroid dienone is 8. The summed E-state index contributed by atoms with van der Waals surface area (Å²) < 4.78 is 63.8. The normalized spacial score (nSPS) is 23.2. The van der Waals surface area contributed by atoms with E-state index in [4.69, 9.17) is 4.74 Å². The minimum Gasteiger partial charge on any atom is -0.453 e. The molecule has 0 aromatic carbocycles. The lowest BCUT2D eigenvalue weighted by Gasteiger charge is -2.30. The van der Waals surface area contributed by atoms with Crippen LogP contribution in [0.3, 0.4) is 0 Å². The van der Waals surface area contributed by atoms with Gasteiger partial charge in [-0.2, -0.15) is 13.2 Å². The Balaban J connectivity index is 1.10. The minimum atomic E-state index is -4.72. The van der Waals surface area contributed by atoms with Crippen LogP contribution in [0.25, 0.3) is 5.57 Å². The van der Waals surface area contributed by atoms with Gasteiger partial charge in [-0.3, -0.25) is 14.4 Å². The SMILES string of the molecule is COC(=O)NC(C(=O)N1CC(C)CC1c1ncc(C2=CC=C(C3=CC(F)=C(NC(=O)c4ccc(NCCNC(=O)C5CC5(C)C)nc4)CC3C(F)(F)F)CC2)[nH]1)C(C)C. The van der Waals surface area contributed by atoms with E-state index in [0.717, 1.165) is 18.1 Å². The van der Waals surface area contributed by atoms with Gasteiger partial charge in [0.15, 0.2) is 0 Å². The van der Waals surface area contributed by atoms with Crippen LogP contribution >= 0.6 is 0 Å². The standard InChI is InChI=1S/C42H52F4N8O5/c1-22(2)35(53-40(58)59-6)39(57)54-21-23(3)15-33(54)36-50-20-32(51-36)25-9-7-24(8-10-25)27-16-30(43)31(17-28(27)42(44,45)46)52-37(55)26-11-12-34(49-19-26)47-13-14-48-38(56)29-18-41(29,4)5/h7,9,11-12,16,19-20,22-23,28-29,33,35H,8,10,13-15,17-18,21H2,1-6H3,(H,47,49)(H,48,56)(H,50,51)(H,52,55)(H,53,58). The van der Waals surface area contributed by atoms with Crippen LogP contribution in [-0.2, 0) is 14.3 Å². The van der Waals surface area contributed by atoms with Gasteiger partial charge in [0.05, 0.1) is 42.2 Å². The molecule has 4 aliphatic rings. The summed E-state index contributed by atoms with van der Waals surface area (Å²) in [7, 11) is 1.23. The molecule has 0 bridgehead atoms. The Hall–Kier alpha value is -5.48. The van der Waals surface area contributed by atoms with E-state index >= 15 is 4.39 Å². The average Bonchev–Trinajstić information content (AvgIpc) is 3.48. The van der Waals surface area contributed by atoms with Gasteiger partial charge in [0, 0.05) is 38.2 Å². The second-order valence-corrected chi connectivity index (χ2v) is 16.8. The van der Waals surface area contributed by atoms with Gasteiger partial charge in [0.2, 0.25) is 11.8 Å². The number of alkyl halides is 3. The third kappa shape index (κ3) is 10.0. The predicted octanol–water partition coefficient (Wildman–Crippen LogP) is 6.89. The summed E-state index contributed by atoms with van der Waals surface area (Å²) in [6.07, 6.45) is 2.80. The number of amides is 4. The number of alkyl carbamates (subject to hydrolysis) is 1. The molecule has 3 aliphatic carbocycles. The molecule has 2 aromatic rings. The number of halogens is 4. The number of rotatable bonds is 13. The van der Waals surface area contributed by atoms with Crippen molar-refractivity contribution in [1.29, 1.82) is 0 Å². The number of anilines is 1. The minimum absolute atomic E-state index is 0.00433. The molecular weight excluding hydrogens is 773 g/mol. The molecule has 1 aliphatic heterocycles. The van der Waals surface area contributed by atoms with E-state index in [1.807, 2.05) is 34.6 Å². The first-order valence-corrected chi connectivity index (χ1v) is 19.9. The van der Waals surface area contributed by atoms with E-state index in [9.17, 15) is 32.3 Å². The molecule has 318 valence electrons. The molecule has 5 unspecified atom stereocenters. The first-order valence-electron chi connectivity index (χ1n) is 19.9. The Bertz CT molecular complexity index is 2070. The number of aromatic nitrogens is 3. The predicted molar refractivity (Wildman–Crippen MR) is 212 cm³/mol. The fourth-order valence-electron chi connectivity index (χ4n) is 7.91. The van der Waals surface area contributed by atoms with Gasteiger partial charge in [-0.05, 0) is 77.9 Å². The van der Waals surface area contributed by atoms with E-state index in [1.54, 1.807) is 23.2 Å². The fourth-order valence-corrected chi connectivity index (χ4v) is 7.91. The molecule has 3 heterocycles. The molecule has 17 heteroatoms. The summed E-state index contributed by atoms with van der Waals surface area (Å²) in [5, 5.41) is 10.9. The van der Waals surface area contributed by atoms with Gasteiger partial charge >= 0.3 is 12.3 Å². The van der Waals surface area contributed by atoms with Crippen LogP contribution in [0, 0.1) is 29.1 Å². The van der Waals surface area contributed by atoms with Crippen molar-refractivity contribution in [2.75, 3.05) is 32.1 Å². The number of likely N-dealkylation sites (tertiary alicyclic amines) is 1. The van der Waals surface area contributed by atoms with Crippen molar-refractivity contribution in [3.63, 3.8) is 0 Å². The van der Waals surface area contributed by atoms with Crippen molar-refractivity contribution in [2.45, 2.75) is 85.0 Å². The molecule has 0 radical (unpaired) electrons. The number of hydrogen-bond donors (Lipinski definition) is 5. The highest BCUT2D eigenvalue weighted by Crippen LogP contribution is 2.51. The summed E-state index contributed by atoms with van der Waals surface area (Å²) in [5.41, 5.74) is 1.16. The van der Waals surface area contributed by atoms with Gasteiger partial charge in [0.25, 0.3) is 5.91 Å². The lowest BCUT2D eigenvalue weighted by atomic mass is 9.80. The first-order chi connectivity index (χ1) is 27.9. The summed E-state index contributed by atoms with van der Waals surface area (Å²) in [6, 6.07) is 1.77. The van der Waals surface area contributed by atoms with Crippen LogP contribution in [0.4, 0.5) is 28.2 Å². The maximum atomic E-state index is 15.5. The van der Waals surface area contributed by atoms with Crippen molar-refractivity contribution in [2.24, 2.45) is 29.1 Å². The van der Waals surface area contributed by atoms with Crippen molar-refractivity contribution in [3.05, 3.63) is 82.5 Å². The number of H-pyrrole nitrogens is 1. The highest BCUT2D eigenvalue weighted by atomic mass is 19.4. The molecule has 6 rings (SSSR count). The number of hydrogen-bond acceptors (Lipinski definition) is 8. The highest BCUT2D eigenvalue weighted by molar-refractivity contribution is 5.95. The summed E-state index contributed by atoms with van der Waals surface area (Å²) in [4.78, 5) is 64.6. The number of imidazole rings is 1. The molecular formula is C42H52F4N8O5. The lowest BCUT2D eigenvalue weighted by Crippen LogP contribution is -2.51. The Morgan fingerprint density at radius 3 is 2.37 bits per heavy atom. The van der Waals surface area contributed by atoms with Crippen LogP contribution < -0.4 is 21.3 Å². The van der Waals surface area contributed by atoms with Crippen molar-refractivity contribution < 1.29 is 41.5 Å². The molecule has 1 saturated heterocycles. The van der Waals surface area contributed by atoms with Crippen LogP contribution in [0.15, 0.2) is 65.4 Å². The van der Waals surface area contributed by atoms with Gasteiger partial charge < -0.3 is 35.9 Å². The number of nitrogens with zero attached hydrogens (tertiary/aromatic N) is 3. The molecule has 2 aromatic heterocycles. The van der Waals surface area contributed by atoms with Crippen LogP contribution in [-0.4, -0.2) is 82.6 Å². The zero-order chi connectivity index (χ0) is 42.8. The van der Waals surface area contributed by atoms with Gasteiger partial charge in [-0.25, -0.2) is 19.2 Å². The Kier molecular flexibility index (Phi) is 12.7. The van der Waals surface area contributed by atoms with E-state index in [0.29, 0.717) is 55.4 Å². The van der Waals surface area contributed by atoms with Crippen LogP contribution in [0.1, 0.15) is 94.6 Å². The van der Waals surface area contributed by atoms with Crippen molar-refractivity contribution in [3.8, 4) is 0 Å². The third-order valence-electron chi connectivity index (χ3n) is 11.6. The quantitative estimate of drug-likeness (QED) is 0.107. The smallest absolute Gasteiger partial charge is 0.407 e. The number of nitrogens with one attached hydrogen (secondary N) is 5. The van der Waals surface area contributed by atoms with Crippen molar-refractivity contribution >= 4 is 35.2 Å². The van der Waals surface area contributed by atoms with E-state index in [2.05, 4.69) is 36.2 Å². The van der Waals surface area contributed by atoms with Crippen LogP contribution in [0.5, 0.6) is 0 Å². The Morgan fingerprint density at radius 1 is 1.05 bits per heavy atom. The number of pyridine rings is 1. The molecule has 13 nitrogen and oxygen atoms in total. The maximum Gasteiger partial charge on any atom is 0.407 e. The Labute approximate surface area is 340 Å². The fraction of sp³-hybridized carbons (Fsp3) is 0.524. The lowest BCUT2D eigenvalue weighted by molar-refractivity contribution is -0.163. The van der Waals surface area contributed by atoms with Gasteiger partial charge in [0.1, 0.15) is 23.5 Å². The number of aromatic amines is 1. The number of carbonyl (C=O) groups excluding carboxylic acids is 4. The summed E-state index contributed by atoms with van der Waals surface area (Å²) in [5.74, 6) is -3.10. The topological polar surface area (TPSA) is 170 Å². The number of carbonyl (C=O) groups is 4. The van der Waals surface area contributed by atoms with E-state index < -0.39 is 48.1 Å². The average molecular weight is 825 g/mol. The largest absolute Gasteiger partial charge is 0.453 e. The zero-order valence-corrected chi connectivity index (χ0v) is 34.1. The molecule has 5 N–H and O–H groups in total. The molecule has 59 heavy (non-hydrogen) atoms. The van der Waals surface area contributed by atoms with E-state index in [-0.39, 0.29) is 58.6 Å². The molecule has 4 amide bonds. The number of ether oxygens (including phenoxy) is 1. The van der Waals surface area contributed by atoms with E-state index in [1.165, 1.54) is 25.4 Å². The molecule has 1 saturated carbocycles. The first kappa shape index (κ1) is 43.1. The van der Waals surface area contributed by atoms with Gasteiger partial charge in [-0.1, -0.05) is 46.8 Å². The monoisotopic (exact) mass is 824 g/mol. The maximum absolute atomic E-state index is 15.5. The molecule has 5 atom stereocenters.